The monoisotopic (exact) mass is 402 g/mol. The number of carbonyl (C=O) groups excluding carboxylic acids is 2. The summed E-state index contributed by atoms with van der Waals surface area (Å²) in [7, 11) is 0. The molecule has 8 heteroatoms. The van der Waals surface area contributed by atoms with Crippen LogP contribution in [0.25, 0.3) is 0 Å². The lowest BCUT2D eigenvalue weighted by Crippen LogP contribution is -2.37. The van der Waals surface area contributed by atoms with Gasteiger partial charge in [0, 0.05) is 29.0 Å². The van der Waals surface area contributed by atoms with Gasteiger partial charge in [-0.25, -0.2) is 4.79 Å². The minimum absolute atomic E-state index is 0.110. The van der Waals surface area contributed by atoms with Crippen LogP contribution in [0.4, 0.5) is 5.69 Å². The van der Waals surface area contributed by atoms with E-state index in [9.17, 15) is 19.7 Å². The molecule has 0 N–H and O–H groups in total. The minimum Gasteiger partial charge on any atom is -0.465 e. The number of nitro benzene ring substituents is 1. The van der Waals surface area contributed by atoms with Crippen molar-refractivity contribution in [3.8, 4) is 0 Å². The van der Waals surface area contributed by atoms with Crippen LogP contribution in [0.2, 0.25) is 0 Å². The van der Waals surface area contributed by atoms with Gasteiger partial charge in [0.05, 0.1) is 23.7 Å². The molecule has 2 unspecified atom stereocenters. The molecule has 156 valence electrons. The average molecular weight is 402 g/mol. The molecule has 8 nitrogen and oxygen atoms in total. The molecule has 29 heavy (non-hydrogen) atoms. The van der Waals surface area contributed by atoms with Crippen LogP contribution in [-0.2, 0) is 19.1 Å². The zero-order valence-electron chi connectivity index (χ0n) is 17.3. The Morgan fingerprint density at radius 2 is 1.86 bits per heavy atom. The van der Waals surface area contributed by atoms with Crippen LogP contribution in [0, 0.1) is 22.0 Å². The van der Waals surface area contributed by atoms with Crippen molar-refractivity contribution in [3.05, 3.63) is 51.2 Å². The number of esters is 2. The van der Waals surface area contributed by atoms with Gasteiger partial charge >= 0.3 is 11.9 Å². The summed E-state index contributed by atoms with van der Waals surface area (Å²) in [6.07, 6.45) is 0. The van der Waals surface area contributed by atoms with Crippen LogP contribution in [0.1, 0.15) is 46.1 Å². The highest BCUT2D eigenvalue weighted by Gasteiger charge is 2.44. The van der Waals surface area contributed by atoms with E-state index in [1.165, 1.54) is 12.1 Å². The van der Waals surface area contributed by atoms with Crippen molar-refractivity contribution in [2.75, 3.05) is 13.2 Å². The van der Waals surface area contributed by atoms with E-state index in [-0.39, 0.29) is 36.0 Å². The molecule has 0 spiro atoms. The van der Waals surface area contributed by atoms with Gasteiger partial charge < -0.3 is 9.47 Å². The minimum atomic E-state index is -0.957. The molecule has 0 bridgehead atoms. The maximum absolute atomic E-state index is 12.9. The Kier molecular flexibility index (Phi) is 7.25. The third-order valence-corrected chi connectivity index (χ3v) is 4.60. The van der Waals surface area contributed by atoms with E-state index in [4.69, 9.17) is 9.47 Å². The lowest BCUT2D eigenvalue weighted by atomic mass is 9.75. The standard InChI is InChI=1S/C21H26N2O6/c1-6-28-20(24)17-13(4)22-14(5)18(21(25)29-11-12(2)3)19(17)15-9-7-8-10-16(15)23(26)27/h7-10,12,17,19H,6,11H2,1-5H3. The zero-order chi connectivity index (χ0) is 21.7. The van der Waals surface area contributed by atoms with Crippen molar-refractivity contribution in [2.24, 2.45) is 16.8 Å². The first-order valence-corrected chi connectivity index (χ1v) is 9.52. The largest absolute Gasteiger partial charge is 0.465 e. The summed E-state index contributed by atoms with van der Waals surface area (Å²) < 4.78 is 10.6. The fourth-order valence-corrected chi connectivity index (χ4v) is 3.41. The SMILES string of the molecule is CCOC(=O)C1C(C)=NC(C)=C(C(=O)OCC(C)C)C1c1ccccc1[N+](=O)[O-]. The van der Waals surface area contributed by atoms with Crippen LogP contribution in [0.5, 0.6) is 0 Å². The Morgan fingerprint density at radius 1 is 1.21 bits per heavy atom. The number of nitro groups is 1. The number of hydrogen-bond acceptors (Lipinski definition) is 7. The number of para-hydroxylation sites is 1. The van der Waals surface area contributed by atoms with Crippen molar-refractivity contribution < 1.29 is 24.0 Å². The summed E-state index contributed by atoms with van der Waals surface area (Å²) >= 11 is 0. The maximum atomic E-state index is 12.9. The molecule has 0 amide bonds. The topological polar surface area (TPSA) is 108 Å². The zero-order valence-corrected chi connectivity index (χ0v) is 17.3. The van der Waals surface area contributed by atoms with Gasteiger partial charge in [-0.3, -0.25) is 19.9 Å². The van der Waals surface area contributed by atoms with E-state index in [1.807, 2.05) is 13.8 Å². The second kappa shape index (κ2) is 9.45. The molecule has 1 aromatic carbocycles. The molecule has 2 rings (SSSR count). The first-order chi connectivity index (χ1) is 13.7. The number of ether oxygens (including phenoxy) is 2. The molecular weight excluding hydrogens is 376 g/mol. The average Bonchev–Trinajstić information content (AvgIpc) is 2.65. The lowest BCUT2D eigenvalue weighted by molar-refractivity contribution is -0.385. The summed E-state index contributed by atoms with van der Waals surface area (Å²) in [6, 6.07) is 6.08. The van der Waals surface area contributed by atoms with E-state index < -0.39 is 28.7 Å². The summed E-state index contributed by atoms with van der Waals surface area (Å²) in [5.74, 6) is -2.99. The molecule has 1 aliphatic heterocycles. The molecular formula is C21H26N2O6. The summed E-state index contributed by atoms with van der Waals surface area (Å²) in [6.45, 7) is 9.10. The molecule has 1 aliphatic rings. The number of nitrogens with zero attached hydrogens (tertiary/aromatic N) is 2. The van der Waals surface area contributed by atoms with Gasteiger partial charge in [0.15, 0.2) is 0 Å². The number of hydrogen-bond donors (Lipinski definition) is 0. The predicted octanol–water partition coefficient (Wildman–Crippen LogP) is 3.81. The normalized spacial score (nSPS) is 19.0. The second-order valence-corrected chi connectivity index (χ2v) is 7.27. The van der Waals surface area contributed by atoms with Gasteiger partial charge in [-0.15, -0.1) is 0 Å². The molecule has 0 aromatic heterocycles. The van der Waals surface area contributed by atoms with E-state index in [2.05, 4.69) is 4.99 Å². The van der Waals surface area contributed by atoms with E-state index in [0.29, 0.717) is 11.4 Å². The Morgan fingerprint density at radius 3 is 2.45 bits per heavy atom. The smallest absolute Gasteiger partial charge is 0.336 e. The highest BCUT2D eigenvalue weighted by molar-refractivity contribution is 6.07. The molecule has 0 radical (unpaired) electrons. The van der Waals surface area contributed by atoms with Crippen molar-refractivity contribution in [1.29, 1.82) is 0 Å². The van der Waals surface area contributed by atoms with Crippen molar-refractivity contribution in [3.63, 3.8) is 0 Å². The van der Waals surface area contributed by atoms with E-state index >= 15 is 0 Å². The molecule has 0 saturated heterocycles. The first-order valence-electron chi connectivity index (χ1n) is 9.52. The summed E-state index contributed by atoms with van der Waals surface area (Å²) in [5, 5.41) is 11.6. The van der Waals surface area contributed by atoms with Gasteiger partial charge in [-0.1, -0.05) is 32.0 Å². The van der Waals surface area contributed by atoms with Crippen molar-refractivity contribution in [2.45, 2.75) is 40.5 Å². The van der Waals surface area contributed by atoms with Crippen molar-refractivity contribution in [1.82, 2.24) is 0 Å². The molecule has 1 heterocycles. The fraction of sp³-hybridized carbons (Fsp3) is 0.476. The van der Waals surface area contributed by atoms with E-state index in [1.54, 1.807) is 32.9 Å². The number of benzene rings is 1. The molecule has 0 fully saturated rings. The van der Waals surface area contributed by atoms with Gasteiger partial charge in [-0.2, -0.15) is 0 Å². The maximum Gasteiger partial charge on any atom is 0.336 e. The number of carbonyl (C=O) groups is 2. The quantitative estimate of drug-likeness (QED) is 0.390. The van der Waals surface area contributed by atoms with Gasteiger partial charge in [0.1, 0.15) is 5.92 Å². The van der Waals surface area contributed by atoms with Crippen LogP contribution < -0.4 is 0 Å². The number of aliphatic imine (C=N–C) groups is 1. The second-order valence-electron chi connectivity index (χ2n) is 7.27. The number of rotatable bonds is 7. The van der Waals surface area contributed by atoms with Gasteiger partial charge in [0.2, 0.25) is 0 Å². The lowest BCUT2D eigenvalue weighted by Gasteiger charge is -2.31. The Bertz CT molecular complexity index is 872. The molecule has 2 atom stereocenters. The first kappa shape index (κ1) is 22.3. The predicted molar refractivity (Wildman–Crippen MR) is 108 cm³/mol. The van der Waals surface area contributed by atoms with Crippen LogP contribution in [0.3, 0.4) is 0 Å². The third-order valence-electron chi connectivity index (χ3n) is 4.60. The Labute approximate surface area is 169 Å². The Hall–Kier alpha value is -3.03. The van der Waals surface area contributed by atoms with E-state index in [0.717, 1.165) is 0 Å². The molecule has 0 saturated carbocycles. The van der Waals surface area contributed by atoms with Crippen LogP contribution in [0.15, 0.2) is 40.5 Å². The highest BCUT2D eigenvalue weighted by atomic mass is 16.6. The molecule has 0 aliphatic carbocycles. The number of allylic oxidation sites excluding steroid dienone is 1. The van der Waals surface area contributed by atoms with Crippen LogP contribution in [-0.4, -0.2) is 35.8 Å². The Balaban J connectivity index is 2.67. The fourth-order valence-electron chi connectivity index (χ4n) is 3.41. The van der Waals surface area contributed by atoms with Crippen LogP contribution >= 0.6 is 0 Å². The van der Waals surface area contributed by atoms with Gasteiger partial charge in [-0.05, 0) is 26.7 Å². The highest BCUT2D eigenvalue weighted by Crippen LogP contribution is 2.43. The summed E-state index contributed by atoms with van der Waals surface area (Å²) in [4.78, 5) is 41.2. The molecule has 1 aromatic rings. The van der Waals surface area contributed by atoms with Gasteiger partial charge in [0.25, 0.3) is 5.69 Å². The summed E-state index contributed by atoms with van der Waals surface area (Å²) in [5.41, 5.74) is 1.03. The van der Waals surface area contributed by atoms with Crippen molar-refractivity contribution >= 4 is 23.3 Å². The third kappa shape index (κ3) is 4.88.